The second-order valence-electron chi connectivity index (χ2n) is 3.46. The summed E-state index contributed by atoms with van der Waals surface area (Å²) in [6, 6.07) is 5.10. The molecule has 0 fully saturated rings. The maximum Gasteiger partial charge on any atom is 0.461 e. The standard InChI is InChI=1S/C11H12F4O2/c1-2-9(16)7-4-3-5-8(6-7)17-11(14,15)10(12)13/h3-6,9-10,16H,2H2,1H3/t9-/m0/s1. The van der Waals surface area contributed by atoms with Gasteiger partial charge >= 0.3 is 12.5 Å². The van der Waals surface area contributed by atoms with Gasteiger partial charge in [0.25, 0.3) is 0 Å². The summed E-state index contributed by atoms with van der Waals surface area (Å²) >= 11 is 0. The first-order valence-electron chi connectivity index (χ1n) is 4.99. The number of aliphatic hydroxyl groups is 1. The SMILES string of the molecule is CC[C@H](O)c1cccc(OC(F)(F)C(F)F)c1. The molecule has 0 unspecified atom stereocenters. The van der Waals surface area contributed by atoms with Crippen molar-refractivity contribution in [3.05, 3.63) is 29.8 Å². The number of benzene rings is 1. The second-order valence-corrected chi connectivity index (χ2v) is 3.46. The molecule has 0 spiro atoms. The molecule has 0 heterocycles. The number of hydrogen-bond acceptors (Lipinski definition) is 2. The monoisotopic (exact) mass is 252 g/mol. The Kier molecular flexibility index (Phi) is 4.34. The molecule has 0 aliphatic heterocycles. The van der Waals surface area contributed by atoms with Gasteiger partial charge in [0.15, 0.2) is 0 Å². The van der Waals surface area contributed by atoms with E-state index in [-0.39, 0.29) is 0 Å². The third-order valence-corrected chi connectivity index (χ3v) is 2.14. The molecule has 0 saturated heterocycles. The Balaban J connectivity index is 2.86. The topological polar surface area (TPSA) is 29.5 Å². The first-order chi connectivity index (χ1) is 7.86. The summed E-state index contributed by atoms with van der Waals surface area (Å²) in [7, 11) is 0. The summed E-state index contributed by atoms with van der Waals surface area (Å²) in [6.07, 6.45) is -8.88. The van der Waals surface area contributed by atoms with Crippen molar-refractivity contribution in [2.75, 3.05) is 0 Å². The van der Waals surface area contributed by atoms with Crippen molar-refractivity contribution >= 4 is 0 Å². The Hall–Kier alpha value is -1.30. The van der Waals surface area contributed by atoms with Gasteiger partial charge in [0.2, 0.25) is 0 Å². The van der Waals surface area contributed by atoms with E-state index in [2.05, 4.69) is 4.74 Å². The normalized spacial score (nSPS) is 13.8. The van der Waals surface area contributed by atoms with E-state index >= 15 is 0 Å². The Labute approximate surface area is 95.8 Å². The molecule has 1 rings (SSSR count). The summed E-state index contributed by atoms with van der Waals surface area (Å²) in [6.45, 7) is 1.70. The highest BCUT2D eigenvalue weighted by atomic mass is 19.3. The Bertz CT molecular complexity index is 368. The van der Waals surface area contributed by atoms with E-state index in [4.69, 9.17) is 0 Å². The third-order valence-electron chi connectivity index (χ3n) is 2.14. The van der Waals surface area contributed by atoms with Gasteiger partial charge < -0.3 is 9.84 Å². The molecular weight excluding hydrogens is 240 g/mol. The van der Waals surface area contributed by atoms with Gasteiger partial charge in [-0.2, -0.15) is 17.6 Å². The highest BCUT2D eigenvalue weighted by molar-refractivity contribution is 5.30. The minimum absolute atomic E-state index is 0.343. The van der Waals surface area contributed by atoms with E-state index in [9.17, 15) is 22.7 Å². The molecule has 0 saturated carbocycles. The fourth-order valence-electron chi connectivity index (χ4n) is 1.22. The van der Waals surface area contributed by atoms with Crippen molar-refractivity contribution in [2.24, 2.45) is 0 Å². The van der Waals surface area contributed by atoms with Crippen molar-refractivity contribution in [2.45, 2.75) is 32.0 Å². The zero-order valence-electron chi connectivity index (χ0n) is 9.04. The van der Waals surface area contributed by atoms with Gasteiger partial charge in [-0.1, -0.05) is 19.1 Å². The lowest BCUT2D eigenvalue weighted by Crippen LogP contribution is -2.33. The van der Waals surface area contributed by atoms with Crippen LogP contribution < -0.4 is 4.74 Å². The van der Waals surface area contributed by atoms with Gasteiger partial charge in [-0.25, -0.2) is 0 Å². The molecule has 1 N–H and O–H groups in total. The van der Waals surface area contributed by atoms with Crippen LogP contribution in [-0.2, 0) is 0 Å². The molecule has 17 heavy (non-hydrogen) atoms. The molecule has 96 valence electrons. The average Bonchev–Trinajstić information content (AvgIpc) is 2.27. The van der Waals surface area contributed by atoms with Crippen molar-refractivity contribution in [1.82, 2.24) is 0 Å². The molecule has 0 aromatic heterocycles. The van der Waals surface area contributed by atoms with Crippen LogP contribution in [0.3, 0.4) is 0 Å². The van der Waals surface area contributed by atoms with Gasteiger partial charge in [0.05, 0.1) is 6.10 Å². The van der Waals surface area contributed by atoms with E-state index < -0.39 is 24.4 Å². The number of hydrogen-bond donors (Lipinski definition) is 1. The lowest BCUT2D eigenvalue weighted by atomic mass is 10.1. The van der Waals surface area contributed by atoms with E-state index in [1.54, 1.807) is 6.92 Å². The molecule has 1 aromatic rings. The van der Waals surface area contributed by atoms with Crippen LogP contribution in [0.5, 0.6) is 5.75 Å². The highest BCUT2D eigenvalue weighted by Gasteiger charge is 2.43. The summed E-state index contributed by atoms with van der Waals surface area (Å²) in [5.41, 5.74) is 0.343. The molecule has 0 radical (unpaired) electrons. The van der Waals surface area contributed by atoms with Crippen LogP contribution in [0.25, 0.3) is 0 Å². The lowest BCUT2D eigenvalue weighted by molar-refractivity contribution is -0.253. The van der Waals surface area contributed by atoms with Crippen molar-refractivity contribution in [1.29, 1.82) is 0 Å². The number of halogens is 4. The molecule has 6 heteroatoms. The van der Waals surface area contributed by atoms with Crippen LogP contribution in [0.1, 0.15) is 25.0 Å². The molecule has 0 aliphatic rings. The minimum atomic E-state index is -4.53. The zero-order valence-corrected chi connectivity index (χ0v) is 9.04. The van der Waals surface area contributed by atoms with Gasteiger partial charge in [-0.05, 0) is 24.1 Å². The zero-order chi connectivity index (χ0) is 13.1. The first-order valence-corrected chi connectivity index (χ1v) is 4.99. The predicted octanol–water partition coefficient (Wildman–Crippen LogP) is 3.37. The number of rotatable bonds is 5. The van der Waals surface area contributed by atoms with E-state index in [0.29, 0.717) is 12.0 Å². The van der Waals surface area contributed by atoms with E-state index in [0.717, 1.165) is 12.1 Å². The van der Waals surface area contributed by atoms with Crippen LogP contribution in [-0.4, -0.2) is 17.6 Å². The maximum absolute atomic E-state index is 12.6. The van der Waals surface area contributed by atoms with Crippen LogP contribution in [0.4, 0.5) is 17.6 Å². The fourth-order valence-corrected chi connectivity index (χ4v) is 1.22. The first kappa shape index (κ1) is 13.8. The highest BCUT2D eigenvalue weighted by Crippen LogP contribution is 2.29. The van der Waals surface area contributed by atoms with Crippen molar-refractivity contribution < 1.29 is 27.4 Å². The van der Waals surface area contributed by atoms with Crippen LogP contribution in [0.2, 0.25) is 0 Å². The van der Waals surface area contributed by atoms with Gasteiger partial charge in [-0.15, -0.1) is 0 Å². The quantitative estimate of drug-likeness (QED) is 0.814. The van der Waals surface area contributed by atoms with Gasteiger partial charge in [0, 0.05) is 0 Å². The largest absolute Gasteiger partial charge is 0.461 e. The Morgan fingerprint density at radius 3 is 2.53 bits per heavy atom. The molecule has 1 atom stereocenters. The third kappa shape index (κ3) is 3.59. The molecule has 1 aromatic carbocycles. The molecule has 0 aliphatic carbocycles. The Morgan fingerprint density at radius 2 is 2.00 bits per heavy atom. The molecule has 0 amide bonds. The van der Waals surface area contributed by atoms with Gasteiger partial charge in [0.1, 0.15) is 5.75 Å². The predicted molar refractivity (Wildman–Crippen MR) is 53.3 cm³/mol. The minimum Gasteiger partial charge on any atom is -0.428 e. The maximum atomic E-state index is 12.6. The number of aliphatic hydroxyl groups excluding tert-OH is 1. The van der Waals surface area contributed by atoms with E-state index in [1.807, 2.05) is 0 Å². The van der Waals surface area contributed by atoms with Crippen LogP contribution >= 0.6 is 0 Å². The summed E-state index contributed by atoms with van der Waals surface area (Å²) < 4.78 is 52.9. The van der Waals surface area contributed by atoms with Gasteiger partial charge in [-0.3, -0.25) is 0 Å². The average molecular weight is 252 g/mol. The number of alkyl halides is 4. The lowest BCUT2D eigenvalue weighted by Gasteiger charge is -2.17. The van der Waals surface area contributed by atoms with Crippen molar-refractivity contribution in [3.8, 4) is 5.75 Å². The number of ether oxygens (including phenoxy) is 1. The Morgan fingerprint density at radius 1 is 1.35 bits per heavy atom. The molecule has 0 bridgehead atoms. The smallest absolute Gasteiger partial charge is 0.428 e. The van der Waals surface area contributed by atoms with Crippen LogP contribution in [0, 0.1) is 0 Å². The van der Waals surface area contributed by atoms with Crippen molar-refractivity contribution in [3.63, 3.8) is 0 Å². The second kappa shape index (κ2) is 5.35. The summed E-state index contributed by atoms with van der Waals surface area (Å²) in [5, 5.41) is 9.47. The fraction of sp³-hybridized carbons (Fsp3) is 0.455. The molecule has 2 nitrogen and oxygen atoms in total. The summed E-state index contributed by atoms with van der Waals surface area (Å²) in [4.78, 5) is 0. The van der Waals surface area contributed by atoms with Crippen LogP contribution in [0.15, 0.2) is 24.3 Å². The van der Waals surface area contributed by atoms with E-state index in [1.165, 1.54) is 12.1 Å². The summed E-state index contributed by atoms with van der Waals surface area (Å²) in [5.74, 6) is -0.403. The molecular formula is C11H12F4O2.